The van der Waals surface area contributed by atoms with Crippen LogP contribution in [0, 0.1) is 11.8 Å². The fraction of sp³-hybridized carbons (Fsp3) is 0.762. The Balaban J connectivity index is 1.50. The van der Waals surface area contributed by atoms with Crippen molar-refractivity contribution in [1.82, 2.24) is 14.8 Å². The first-order chi connectivity index (χ1) is 11.9. The smallest absolute Gasteiger partial charge is 0.0672 e. The van der Waals surface area contributed by atoms with E-state index in [0.717, 1.165) is 32.5 Å². The van der Waals surface area contributed by atoms with Crippen molar-refractivity contribution in [3.63, 3.8) is 0 Å². The van der Waals surface area contributed by atoms with Crippen molar-refractivity contribution in [1.29, 1.82) is 0 Å². The Kier molecular flexibility index (Phi) is 6.13. The fourth-order valence-corrected chi connectivity index (χ4v) is 4.57. The van der Waals surface area contributed by atoms with E-state index >= 15 is 0 Å². The molecule has 0 aliphatic carbocycles. The molecule has 0 amide bonds. The lowest BCUT2D eigenvalue weighted by molar-refractivity contribution is -0.0785. The van der Waals surface area contributed by atoms with Gasteiger partial charge in [0.25, 0.3) is 0 Å². The highest BCUT2D eigenvalue weighted by Gasteiger charge is 2.39. The normalized spacial score (nSPS) is 30.0. The minimum absolute atomic E-state index is 0.412. The van der Waals surface area contributed by atoms with Gasteiger partial charge in [-0.15, -0.1) is 0 Å². The Bertz CT molecular complexity index is 523. The molecule has 1 aromatic rings. The molecule has 1 aromatic heterocycles. The molecule has 2 saturated heterocycles. The van der Waals surface area contributed by atoms with Crippen LogP contribution in [0.1, 0.15) is 52.0 Å². The van der Waals surface area contributed by atoms with E-state index in [0.29, 0.717) is 17.9 Å². The van der Waals surface area contributed by atoms with E-state index in [-0.39, 0.29) is 0 Å². The van der Waals surface area contributed by atoms with Crippen molar-refractivity contribution in [2.75, 3.05) is 26.2 Å². The van der Waals surface area contributed by atoms with Gasteiger partial charge in [-0.3, -0.25) is 14.8 Å². The molecule has 1 N–H and O–H groups in total. The molecule has 0 bridgehead atoms. The number of piperidine rings is 2. The molecule has 2 aliphatic rings. The van der Waals surface area contributed by atoms with E-state index in [9.17, 15) is 5.11 Å². The molecule has 4 nitrogen and oxygen atoms in total. The zero-order valence-corrected chi connectivity index (χ0v) is 16.2. The minimum Gasteiger partial charge on any atom is -0.390 e. The highest BCUT2D eigenvalue weighted by molar-refractivity contribution is 5.08. The Morgan fingerprint density at radius 3 is 2.68 bits per heavy atom. The van der Waals surface area contributed by atoms with Crippen LogP contribution in [0.3, 0.4) is 0 Å². The molecule has 0 unspecified atom stereocenters. The number of pyridine rings is 1. The second-order valence-corrected chi connectivity index (χ2v) is 8.80. The summed E-state index contributed by atoms with van der Waals surface area (Å²) in [5.41, 5.74) is 0.828. The predicted molar refractivity (Wildman–Crippen MR) is 102 cm³/mol. The molecule has 3 rings (SSSR count). The summed E-state index contributed by atoms with van der Waals surface area (Å²) in [6.45, 7) is 12.1. The van der Waals surface area contributed by atoms with Gasteiger partial charge in [-0.05, 0) is 63.2 Å². The van der Waals surface area contributed by atoms with E-state index < -0.39 is 5.60 Å². The SMILES string of the molecule is CC(C)C[C@H]1CN(C2CCN(Cc3cccnc3)CC2)CC[C@@]1(C)O. The van der Waals surface area contributed by atoms with Crippen molar-refractivity contribution < 1.29 is 5.11 Å². The second kappa shape index (κ2) is 8.15. The van der Waals surface area contributed by atoms with Crippen LogP contribution in [0.25, 0.3) is 0 Å². The van der Waals surface area contributed by atoms with Gasteiger partial charge in [-0.2, -0.15) is 0 Å². The largest absolute Gasteiger partial charge is 0.390 e. The maximum Gasteiger partial charge on any atom is 0.0672 e. The van der Waals surface area contributed by atoms with Gasteiger partial charge in [0, 0.05) is 44.0 Å². The summed E-state index contributed by atoms with van der Waals surface area (Å²) < 4.78 is 0. The van der Waals surface area contributed by atoms with Crippen LogP contribution in [0.15, 0.2) is 24.5 Å². The first-order valence-electron chi connectivity index (χ1n) is 10.0. The number of rotatable bonds is 5. The zero-order chi connectivity index (χ0) is 17.9. The van der Waals surface area contributed by atoms with E-state index in [4.69, 9.17) is 0 Å². The summed E-state index contributed by atoms with van der Waals surface area (Å²) in [5.74, 6) is 1.06. The maximum absolute atomic E-state index is 10.8. The van der Waals surface area contributed by atoms with Crippen LogP contribution in [0.4, 0.5) is 0 Å². The number of hydrogen-bond donors (Lipinski definition) is 1. The summed E-state index contributed by atoms with van der Waals surface area (Å²) in [4.78, 5) is 9.45. The lowest BCUT2D eigenvalue weighted by Crippen LogP contribution is -2.55. The van der Waals surface area contributed by atoms with Crippen LogP contribution in [0.2, 0.25) is 0 Å². The molecular weight excluding hydrogens is 310 g/mol. The first-order valence-corrected chi connectivity index (χ1v) is 10.0. The summed E-state index contributed by atoms with van der Waals surface area (Å²) in [7, 11) is 0. The van der Waals surface area contributed by atoms with Gasteiger partial charge in [0.05, 0.1) is 5.60 Å². The van der Waals surface area contributed by atoms with Gasteiger partial charge in [-0.25, -0.2) is 0 Å². The van der Waals surface area contributed by atoms with Crippen LogP contribution >= 0.6 is 0 Å². The summed E-state index contributed by atoms with van der Waals surface area (Å²) in [6, 6.07) is 4.88. The molecule has 140 valence electrons. The summed E-state index contributed by atoms with van der Waals surface area (Å²) in [6.07, 6.45) is 8.36. The average Bonchev–Trinajstić information content (AvgIpc) is 2.58. The van der Waals surface area contributed by atoms with Gasteiger partial charge >= 0.3 is 0 Å². The molecule has 0 saturated carbocycles. The van der Waals surface area contributed by atoms with Gasteiger partial charge in [0.15, 0.2) is 0 Å². The molecule has 25 heavy (non-hydrogen) atoms. The quantitative estimate of drug-likeness (QED) is 0.890. The van der Waals surface area contributed by atoms with Gasteiger partial charge in [-0.1, -0.05) is 19.9 Å². The molecule has 2 fully saturated rings. The molecule has 0 spiro atoms. The van der Waals surface area contributed by atoms with Crippen molar-refractivity contribution in [3.05, 3.63) is 30.1 Å². The monoisotopic (exact) mass is 345 g/mol. The number of aliphatic hydroxyl groups is 1. The zero-order valence-electron chi connectivity index (χ0n) is 16.2. The van der Waals surface area contributed by atoms with Crippen LogP contribution in [0.5, 0.6) is 0 Å². The highest BCUT2D eigenvalue weighted by Crippen LogP contribution is 2.34. The molecule has 2 aliphatic heterocycles. The third-order valence-corrected chi connectivity index (χ3v) is 6.20. The van der Waals surface area contributed by atoms with E-state index in [1.165, 1.54) is 31.5 Å². The van der Waals surface area contributed by atoms with Crippen LogP contribution in [-0.4, -0.2) is 57.7 Å². The lowest BCUT2D eigenvalue weighted by Gasteiger charge is -2.48. The van der Waals surface area contributed by atoms with Gasteiger partial charge < -0.3 is 5.11 Å². The van der Waals surface area contributed by atoms with Crippen molar-refractivity contribution in [2.45, 2.75) is 64.6 Å². The average molecular weight is 346 g/mol. The summed E-state index contributed by atoms with van der Waals surface area (Å²) in [5, 5.41) is 10.8. The second-order valence-electron chi connectivity index (χ2n) is 8.80. The van der Waals surface area contributed by atoms with E-state index in [1.54, 1.807) is 0 Å². The molecule has 0 radical (unpaired) electrons. The fourth-order valence-electron chi connectivity index (χ4n) is 4.57. The van der Waals surface area contributed by atoms with Crippen molar-refractivity contribution in [2.24, 2.45) is 11.8 Å². The van der Waals surface area contributed by atoms with Crippen LogP contribution in [-0.2, 0) is 6.54 Å². The molecule has 3 heterocycles. The molecular formula is C21H35N3O. The molecule has 2 atom stereocenters. The van der Waals surface area contributed by atoms with Crippen molar-refractivity contribution in [3.8, 4) is 0 Å². The molecule has 4 heteroatoms. The van der Waals surface area contributed by atoms with E-state index in [1.807, 2.05) is 25.4 Å². The van der Waals surface area contributed by atoms with Crippen molar-refractivity contribution >= 4 is 0 Å². The Labute approximate surface area is 153 Å². The molecule has 0 aromatic carbocycles. The Morgan fingerprint density at radius 1 is 1.28 bits per heavy atom. The highest BCUT2D eigenvalue weighted by atomic mass is 16.3. The summed E-state index contributed by atoms with van der Waals surface area (Å²) >= 11 is 0. The number of likely N-dealkylation sites (tertiary alicyclic amines) is 2. The van der Waals surface area contributed by atoms with Gasteiger partial charge in [0.1, 0.15) is 0 Å². The number of hydrogen-bond acceptors (Lipinski definition) is 4. The van der Waals surface area contributed by atoms with Crippen LogP contribution < -0.4 is 0 Å². The topological polar surface area (TPSA) is 39.6 Å². The third kappa shape index (κ3) is 5.02. The maximum atomic E-state index is 10.8. The predicted octanol–water partition coefficient (Wildman–Crippen LogP) is 3.17. The third-order valence-electron chi connectivity index (χ3n) is 6.20. The first kappa shape index (κ1) is 18.8. The minimum atomic E-state index is -0.484. The Morgan fingerprint density at radius 2 is 2.04 bits per heavy atom. The lowest BCUT2D eigenvalue weighted by atomic mass is 9.77. The standard InChI is InChI=1S/C21H35N3O/c1-17(2)13-19-16-24(12-8-21(19,3)25)20-6-10-23(11-7-20)15-18-5-4-9-22-14-18/h4-5,9,14,17,19-20,25H,6-8,10-13,15-16H2,1-3H3/t19-,21+/m0/s1. The Hall–Kier alpha value is -0.970. The van der Waals surface area contributed by atoms with Gasteiger partial charge in [0.2, 0.25) is 0 Å². The number of aromatic nitrogens is 1. The number of nitrogens with zero attached hydrogens (tertiary/aromatic N) is 3. The van der Waals surface area contributed by atoms with E-state index in [2.05, 4.69) is 34.7 Å².